The molecule has 0 aliphatic carbocycles. The van der Waals surface area contributed by atoms with Crippen LogP contribution in [0.2, 0.25) is 0 Å². The second-order valence-corrected chi connectivity index (χ2v) is 6.68. The Morgan fingerprint density at radius 2 is 2.16 bits per heavy atom. The Labute approximate surface area is 145 Å². The molecule has 2 aromatic heterocycles. The second kappa shape index (κ2) is 6.48. The molecule has 1 unspecified atom stereocenters. The molecule has 0 spiro atoms. The predicted molar refractivity (Wildman–Crippen MR) is 94.9 cm³/mol. The van der Waals surface area contributed by atoms with Gasteiger partial charge in [0.1, 0.15) is 0 Å². The number of carboxylic acid groups (broad SMARTS) is 1. The van der Waals surface area contributed by atoms with Gasteiger partial charge in [-0.15, -0.1) is 0 Å². The van der Waals surface area contributed by atoms with Gasteiger partial charge in [0.25, 0.3) is 0 Å². The number of rotatable bonds is 4. The molecule has 0 aliphatic heterocycles. The lowest BCUT2D eigenvalue weighted by Gasteiger charge is -2.20. The summed E-state index contributed by atoms with van der Waals surface area (Å²) in [7, 11) is 0.531. The molecule has 0 saturated heterocycles. The van der Waals surface area contributed by atoms with Gasteiger partial charge < -0.3 is 10.0 Å². The molecule has 9 nitrogen and oxygen atoms in total. The van der Waals surface area contributed by atoms with Crippen molar-refractivity contribution >= 4 is 45.1 Å². The van der Waals surface area contributed by atoms with E-state index in [2.05, 4.69) is 25.5 Å². The number of H-pyrrole nitrogens is 1. The van der Waals surface area contributed by atoms with Gasteiger partial charge in [0.2, 0.25) is 5.16 Å². The molecule has 3 aromatic rings. The topological polar surface area (TPSA) is 124 Å². The van der Waals surface area contributed by atoms with Crippen LogP contribution in [0.15, 0.2) is 29.6 Å². The molecule has 1 aromatic carbocycles. The van der Waals surface area contributed by atoms with Crippen molar-refractivity contribution in [1.29, 1.82) is 0 Å². The van der Waals surface area contributed by atoms with Crippen LogP contribution in [0.4, 0.5) is 22.0 Å². The van der Waals surface area contributed by atoms with Crippen LogP contribution in [0.3, 0.4) is 0 Å². The normalized spacial score (nSPS) is 12.1. The van der Waals surface area contributed by atoms with Gasteiger partial charge in [-0.2, -0.15) is 5.10 Å². The zero-order valence-corrected chi connectivity index (χ0v) is 14.6. The van der Waals surface area contributed by atoms with E-state index in [4.69, 9.17) is 5.11 Å². The Kier molecular flexibility index (Phi) is 4.36. The minimum Gasteiger partial charge on any atom is -0.465 e. The molecule has 0 radical (unpaired) electrons. The fraction of sp³-hybridized carbons (Fsp3) is 0.200. The van der Waals surface area contributed by atoms with Crippen LogP contribution in [0.5, 0.6) is 0 Å². The van der Waals surface area contributed by atoms with Crippen LogP contribution in [0.1, 0.15) is 5.56 Å². The van der Waals surface area contributed by atoms with Crippen LogP contribution in [-0.4, -0.2) is 48.9 Å². The summed E-state index contributed by atoms with van der Waals surface area (Å²) in [5.41, 5.74) is 2.67. The van der Waals surface area contributed by atoms with Gasteiger partial charge in [-0.05, 0) is 24.6 Å². The van der Waals surface area contributed by atoms with Crippen LogP contribution in [0.25, 0.3) is 11.0 Å². The lowest BCUT2D eigenvalue weighted by molar-refractivity contribution is 0.210. The zero-order chi connectivity index (χ0) is 18.1. The first-order valence-electron chi connectivity index (χ1n) is 7.25. The highest BCUT2D eigenvalue weighted by Gasteiger charge is 2.17. The van der Waals surface area contributed by atoms with Gasteiger partial charge >= 0.3 is 6.09 Å². The van der Waals surface area contributed by atoms with E-state index < -0.39 is 16.9 Å². The number of nitrogens with one attached hydrogen (secondary N) is 2. The van der Waals surface area contributed by atoms with Gasteiger partial charge in [0.15, 0.2) is 11.5 Å². The van der Waals surface area contributed by atoms with Crippen LogP contribution < -0.4 is 10.2 Å². The largest absolute Gasteiger partial charge is 0.465 e. The highest BCUT2D eigenvalue weighted by molar-refractivity contribution is 7.84. The van der Waals surface area contributed by atoms with Crippen molar-refractivity contribution in [2.75, 3.05) is 23.5 Å². The van der Waals surface area contributed by atoms with Gasteiger partial charge in [-0.1, -0.05) is 6.07 Å². The average Bonchev–Trinajstić information content (AvgIpc) is 2.98. The van der Waals surface area contributed by atoms with Crippen LogP contribution in [-0.2, 0) is 10.8 Å². The van der Waals surface area contributed by atoms with Gasteiger partial charge in [-0.3, -0.25) is 14.6 Å². The molecule has 0 fully saturated rings. The highest BCUT2D eigenvalue weighted by Crippen LogP contribution is 2.31. The molecule has 0 aliphatic rings. The van der Waals surface area contributed by atoms with Gasteiger partial charge in [-0.25, -0.2) is 14.8 Å². The Bertz CT molecular complexity index is 987. The molecular weight excluding hydrogens is 344 g/mol. The number of aromatic nitrogens is 4. The zero-order valence-electron chi connectivity index (χ0n) is 13.8. The van der Waals surface area contributed by atoms with Crippen molar-refractivity contribution < 1.29 is 14.1 Å². The number of amides is 1. The maximum absolute atomic E-state index is 11.5. The van der Waals surface area contributed by atoms with E-state index in [1.807, 2.05) is 24.9 Å². The summed E-state index contributed by atoms with van der Waals surface area (Å²) in [6.45, 7) is 1.92. The van der Waals surface area contributed by atoms with Crippen molar-refractivity contribution in [3.63, 3.8) is 0 Å². The van der Waals surface area contributed by atoms with E-state index in [0.717, 1.165) is 11.3 Å². The molecule has 25 heavy (non-hydrogen) atoms. The first kappa shape index (κ1) is 16.8. The van der Waals surface area contributed by atoms with E-state index in [-0.39, 0.29) is 5.16 Å². The molecule has 2 heterocycles. The molecule has 1 atom stereocenters. The fourth-order valence-corrected chi connectivity index (χ4v) is 2.88. The van der Waals surface area contributed by atoms with Crippen LogP contribution in [0, 0.1) is 6.92 Å². The van der Waals surface area contributed by atoms with Gasteiger partial charge in [0, 0.05) is 30.9 Å². The molecule has 3 N–H and O–H groups in total. The molecule has 3 rings (SSSR count). The maximum atomic E-state index is 11.5. The van der Waals surface area contributed by atoms with E-state index in [9.17, 15) is 9.00 Å². The smallest absolute Gasteiger partial charge is 0.409 e. The van der Waals surface area contributed by atoms with E-state index in [1.165, 1.54) is 6.26 Å². The Morgan fingerprint density at radius 3 is 2.84 bits per heavy atom. The first-order chi connectivity index (χ1) is 11.9. The van der Waals surface area contributed by atoms with Gasteiger partial charge in [0.05, 0.1) is 16.2 Å². The standard InChI is InChI=1S/C15H16N6O3S/c1-8-4-5-9(17-15(22)23)6-11(8)21(2)13-10-7-16-14(25(3)24)18-12(10)19-20-13/h4-7,17H,1-3H3,(H,22,23)(H,16,18,19,20). The number of fused-ring (bicyclic) bond motifs is 1. The molecule has 1 amide bonds. The van der Waals surface area contributed by atoms with E-state index >= 15 is 0 Å². The number of carbonyl (C=O) groups is 1. The number of anilines is 3. The molecule has 0 bridgehead atoms. The third-order valence-corrected chi connectivity index (χ3v) is 4.38. The third-order valence-electron chi connectivity index (χ3n) is 3.67. The third kappa shape index (κ3) is 3.29. The number of hydrogen-bond donors (Lipinski definition) is 3. The molecular formula is C15H16N6O3S. The monoisotopic (exact) mass is 360 g/mol. The van der Waals surface area contributed by atoms with Crippen LogP contribution >= 0.6 is 0 Å². The summed E-state index contributed by atoms with van der Waals surface area (Å²) < 4.78 is 11.5. The Morgan fingerprint density at radius 1 is 1.40 bits per heavy atom. The van der Waals surface area contributed by atoms with Crippen molar-refractivity contribution in [1.82, 2.24) is 20.2 Å². The molecule has 0 saturated carbocycles. The van der Waals surface area contributed by atoms with Crippen molar-refractivity contribution in [2.24, 2.45) is 0 Å². The van der Waals surface area contributed by atoms with Crippen molar-refractivity contribution in [3.05, 3.63) is 30.0 Å². The lowest BCUT2D eigenvalue weighted by Crippen LogP contribution is -2.13. The summed E-state index contributed by atoms with van der Waals surface area (Å²) in [4.78, 5) is 21.0. The Hall–Kier alpha value is -3.01. The number of hydrogen-bond acceptors (Lipinski definition) is 6. The van der Waals surface area contributed by atoms with Crippen molar-refractivity contribution in [2.45, 2.75) is 12.1 Å². The highest BCUT2D eigenvalue weighted by atomic mass is 32.2. The minimum atomic E-state index is -1.28. The second-order valence-electron chi connectivity index (χ2n) is 5.41. The Balaban J connectivity index is 2.03. The molecule has 130 valence electrons. The predicted octanol–water partition coefficient (Wildman–Crippen LogP) is 2.26. The number of nitrogens with zero attached hydrogens (tertiary/aromatic N) is 4. The summed E-state index contributed by atoms with van der Waals surface area (Å²) in [5.74, 6) is 0.582. The summed E-state index contributed by atoms with van der Waals surface area (Å²) in [5, 5.41) is 19.2. The number of aromatic amines is 1. The summed E-state index contributed by atoms with van der Waals surface area (Å²) >= 11 is 0. The van der Waals surface area contributed by atoms with Crippen molar-refractivity contribution in [3.8, 4) is 0 Å². The fourth-order valence-electron chi connectivity index (χ4n) is 2.46. The first-order valence-corrected chi connectivity index (χ1v) is 8.81. The van der Waals surface area contributed by atoms with E-state index in [1.54, 1.807) is 18.3 Å². The SMILES string of the molecule is Cc1ccc(NC(=O)O)cc1N(C)c1n[nH]c2nc(S(C)=O)ncc12. The lowest BCUT2D eigenvalue weighted by atomic mass is 10.1. The summed E-state index contributed by atoms with van der Waals surface area (Å²) in [6.07, 6.45) is 1.95. The average molecular weight is 360 g/mol. The maximum Gasteiger partial charge on any atom is 0.409 e. The number of aryl methyl sites for hydroxylation is 1. The quantitative estimate of drug-likeness (QED) is 0.610. The number of benzene rings is 1. The summed E-state index contributed by atoms with van der Waals surface area (Å²) in [6, 6.07) is 5.23. The van der Waals surface area contributed by atoms with E-state index in [0.29, 0.717) is 22.5 Å². The molecule has 10 heteroatoms. The minimum absolute atomic E-state index is 0.231.